The molecule has 0 aromatic rings. The third kappa shape index (κ3) is 8.11. The van der Waals surface area contributed by atoms with Crippen LogP contribution in [0.4, 0.5) is 0 Å². The van der Waals surface area contributed by atoms with Gasteiger partial charge < -0.3 is 0 Å². The molecule has 0 aliphatic rings. The van der Waals surface area contributed by atoms with Gasteiger partial charge in [0.25, 0.3) is 0 Å². The Bertz CT molecular complexity index is 54.9. The Kier molecular flexibility index (Phi) is 10.6. The van der Waals surface area contributed by atoms with Gasteiger partial charge in [0, 0.05) is 0 Å². The number of hydrogen-bond donors (Lipinski definition) is 2. The Labute approximate surface area is 66.9 Å². The van der Waals surface area contributed by atoms with Crippen LogP contribution in [0.25, 0.3) is 0 Å². The molecule has 0 atom stereocenters. The first-order valence-corrected chi connectivity index (χ1v) is 16.4. The van der Waals surface area contributed by atoms with Crippen LogP contribution in [-0.4, -0.2) is 14.1 Å². The molecule has 0 spiro atoms. The molecule has 0 heterocycles. The average Bonchev–Trinajstić information content (AvgIpc) is 1.69. The summed E-state index contributed by atoms with van der Waals surface area (Å²) in [5.41, 5.74) is 0. The summed E-state index contributed by atoms with van der Waals surface area (Å²) in [4.78, 5) is 0. The van der Waals surface area contributed by atoms with E-state index in [1.54, 1.807) is 0 Å². The second-order valence-electron chi connectivity index (χ2n) is 0.575. The Balaban J connectivity index is 2.78. The molecule has 7 heavy (non-hydrogen) atoms. The molecular formula is C2H8I3N2-. The summed E-state index contributed by atoms with van der Waals surface area (Å²) >= 11 is 1.56. The summed E-state index contributed by atoms with van der Waals surface area (Å²) in [6.45, 7) is 0. The fourth-order valence-electron chi connectivity index (χ4n) is 0.0675. The fraction of sp³-hybridized carbons (Fsp3) is 1.00. The maximum atomic E-state index is 3.25. The van der Waals surface area contributed by atoms with Crippen LogP contribution in [0.15, 0.2) is 0 Å². The summed E-state index contributed by atoms with van der Waals surface area (Å²) in [5, 5.41) is 0. The van der Waals surface area contributed by atoms with Crippen molar-refractivity contribution in [2.75, 3.05) is 14.1 Å². The van der Waals surface area contributed by atoms with E-state index in [1.165, 1.54) is 0 Å². The molecule has 0 unspecified atom stereocenters. The van der Waals surface area contributed by atoms with Crippen molar-refractivity contribution in [3.8, 4) is 0 Å². The molecule has 0 rings (SSSR count). The number of hydrogen-bond acceptors (Lipinski definition) is 2. The second-order valence-corrected chi connectivity index (χ2v) is 25.3. The van der Waals surface area contributed by atoms with E-state index in [1.807, 2.05) is 0 Å². The van der Waals surface area contributed by atoms with E-state index in [-0.39, 0.29) is 0 Å². The first kappa shape index (κ1) is 9.11. The predicted octanol–water partition coefficient (Wildman–Crippen LogP) is -1.88. The first-order valence-electron chi connectivity index (χ1n) is 1.66. The second kappa shape index (κ2) is 8.11. The van der Waals surface area contributed by atoms with Crippen LogP contribution in [0.5, 0.6) is 0 Å². The minimum atomic E-state index is 0.468. The molecule has 2 nitrogen and oxygen atoms in total. The van der Waals surface area contributed by atoms with Crippen LogP contribution < -0.4 is 24.6 Å². The van der Waals surface area contributed by atoms with Crippen molar-refractivity contribution < 1.29 is 17.5 Å². The van der Waals surface area contributed by atoms with E-state index in [2.05, 4.69) is 21.2 Å². The number of nitrogens with one attached hydrogen (secondary N) is 2. The van der Waals surface area contributed by atoms with Gasteiger partial charge in [0.2, 0.25) is 0 Å². The van der Waals surface area contributed by atoms with Crippen LogP contribution in [0.1, 0.15) is 0 Å². The van der Waals surface area contributed by atoms with Crippen molar-refractivity contribution in [1.29, 1.82) is 0 Å². The number of halogens is 3. The standard InChI is InChI=1S/C2H8I3N2/c1-6-4-3-5-7-2/h6-7H,1-2H3/q-1. The molecule has 48 valence electrons. The van der Waals surface area contributed by atoms with Crippen molar-refractivity contribution in [3.05, 3.63) is 0 Å². The zero-order valence-corrected chi connectivity index (χ0v) is 10.6. The monoisotopic (exact) mass is 441 g/mol. The van der Waals surface area contributed by atoms with Crippen LogP contribution in [0.2, 0.25) is 0 Å². The van der Waals surface area contributed by atoms with Gasteiger partial charge in [-0.15, -0.1) is 0 Å². The van der Waals surface area contributed by atoms with Gasteiger partial charge in [0.15, 0.2) is 0 Å². The molecule has 0 aromatic carbocycles. The van der Waals surface area contributed by atoms with Crippen molar-refractivity contribution >= 4 is 29.5 Å². The van der Waals surface area contributed by atoms with Crippen LogP contribution in [0.3, 0.4) is 0 Å². The Hall–Kier alpha value is 2.11. The molecule has 0 aliphatic heterocycles. The summed E-state index contributed by atoms with van der Waals surface area (Å²) < 4.78 is 6.50. The predicted molar refractivity (Wildman–Crippen MR) is 46.2 cm³/mol. The number of rotatable bonds is 3. The van der Waals surface area contributed by atoms with Gasteiger partial charge in [0.05, 0.1) is 0 Å². The molecule has 0 amide bonds. The normalized spacial score (nSPS) is 13.4. The minimum absolute atomic E-state index is 0.468. The van der Waals surface area contributed by atoms with Crippen LogP contribution in [0, 0.1) is 0 Å². The topological polar surface area (TPSA) is 24.1 Å². The van der Waals surface area contributed by atoms with Crippen molar-refractivity contribution in [1.82, 2.24) is 7.06 Å². The van der Waals surface area contributed by atoms with E-state index >= 15 is 0 Å². The quantitative estimate of drug-likeness (QED) is 0.396. The van der Waals surface area contributed by atoms with Crippen LogP contribution >= 0.6 is 29.5 Å². The molecule has 0 radical (unpaired) electrons. The third-order valence-corrected chi connectivity index (χ3v) is 22.7. The third-order valence-electron chi connectivity index (χ3n) is 0.197. The van der Waals surface area contributed by atoms with Crippen molar-refractivity contribution in [3.63, 3.8) is 0 Å². The van der Waals surface area contributed by atoms with E-state index in [0.29, 0.717) is 47.0 Å². The molecule has 2 N–H and O–H groups in total. The van der Waals surface area contributed by atoms with E-state index < -0.39 is 0 Å². The molecular weight excluding hydrogens is 433 g/mol. The van der Waals surface area contributed by atoms with E-state index in [4.69, 9.17) is 0 Å². The summed E-state index contributed by atoms with van der Waals surface area (Å²) in [6.07, 6.45) is 0. The van der Waals surface area contributed by atoms with Gasteiger partial charge in [-0.1, -0.05) is 0 Å². The van der Waals surface area contributed by atoms with Gasteiger partial charge in [-0.3, -0.25) is 0 Å². The molecule has 0 saturated carbocycles. The molecule has 0 aromatic heterocycles. The molecule has 5 heteroatoms. The van der Waals surface area contributed by atoms with Gasteiger partial charge in [-0.25, -0.2) is 0 Å². The fourth-order valence-corrected chi connectivity index (χ4v) is 20.4. The molecule has 0 bridgehead atoms. The average molecular weight is 441 g/mol. The van der Waals surface area contributed by atoms with Crippen molar-refractivity contribution in [2.45, 2.75) is 0 Å². The summed E-state index contributed by atoms with van der Waals surface area (Å²) in [7, 11) is 4.12. The Morgan fingerprint density at radius 1 is 1.43 bits per heavy atom. The van der Waals surface area contributed by atoms with Gasteiger partial charge >= 0.3 is 68.1 Å². The Morgan fingerprint density at radius 2 is 2.14 bits per heavy atom. The molecule has 0 fully saturated rings. The summed E-state index contributed by atoms with van der Waals surface area (Å²) in [5.74, 6) is 0. The maximum absolute atomic E-state index is 3.25. The van der Waals surface area contributed by atoms with Gasteiger partial charge in [-0.2, -0.15) is 0 Å². The summed E-state index contributed by atoms with van der Waals surface area (Å²) in [6, 6.07) is 0. The van der Waals surface area contributed by atoms with Crippen LogP contribution in [-0.2, 0) is 0 Å². The van der Waals surface area contributed by atoms with Gasteiger partial charge in [0.1, 0.15) is 0 Å². The Morgan fingerprint density at radius 3 is 2.57 bits per heavy atom. The zero-order valence-electron chi connectivity index (χ0n) is 4.13. The van der Waals surface area contributed by atoms with Gasteiger partial charge in [-0.05, 0) is 0 Å². The molecule has 0 aliphatic carbocycles. The van der Waals surface area contributed by atoms with E-state index in [0.717, 1.165) is 0 Å². The SMILES string of the molecule is CNI=I[I-]NC. The molecule has 0 saturated heterocycles. The van der Waals surface area contributed by atoms with E-state index in [9.17, 15) is 0 Å². The van der Waals surface area contributed by atoms with Crippen molar-refractivity contribution in [2.24, 2.45) is 0 Å². The first-order chi connectivity index (χ1) is 3.41. The zero-order chi connectivity index (χ0) is 5.54.